The van der Waals surface area contributed by atoms with Gasteiger partial charge in [0.15, 0.2) is 0 Å². The molecule has 0 unspecified atom stereocenters. The predicted octanol–water partition coefficient (Wildman–Crippen LogP) is 2.70. The summed E-state index contributed by atoms with van der Waals surface area (Å²) in [5.41, 5.74) is 4.80. The van der Waals surface area contributed by atoms with E-state index in [-0.39, 0.29) is 0 Å². The monoisotopic (exact) mass is 378 g/mol. The van der Waals surface area contributed by atoms with Crippen LogP contribution in [0.1, 0.15) is 20.8 Å². The fourth-order valence-electron chi connectivity index (χ4n) is 3.94. The van der Waals surface area contributed by atoms with E-state index in [1.165, 1.54) is 11.0 Å². The molecule has 2 heterocycles. The van der Waals surface area contributed by atoms with Crippen molar-refractivity contribution in [1.29, 1.82) is 0 Å². The average Bonchev–Trinajstić information content (AvgIpc) is 3.28. The Bertz CT molecular complexity index is 1060. The molecule has 2 aromatic heterocycles. The third kappa shape index (κ3) is 3.38. The molecule has 2 N–H and O–H groups in total. The van der Waals surface area contributed by atoms with Crippen LogP contribution in [0.25, 0.3) is 28.1 Å². The zero-order chi connectivity index (χ0) is 19.5. The van der Waals surface area contributed by atoms with Crippen LogP contribution in [0.3, 0.4) is 0 Å². The SMILES string of the molecule is CCOc1ccc(-c2cn3c4ccccc4[n+](CC[NH+](CC)CC)c3[nH]2)cc1. The Morgan fingerprint density at radius 3 is 2.46 bits per heavy atom. The largest absolute Gasteiger partial charge is 0.494 e. The molecule has 0 aliphatic heterocycles. The lowest BCUT2D eigenvalue weighted by molar-refractivity contribution is -0.912. The number of nitrogens with one attached hydrogen (secondary N) is 2. The van der Waals surface area contributed by atoms with Gasteiger partial charge in [0, 0.05) is 5.56 Å². The molecule has 0 aliphatic carbocycles. The summed E-state index contributed by atoms with van der Waals surface area (Å²) in [5.74, 6) is 2.05. The fourth-order valence-corrected chi connectivity index (χ4v) is 3.94. The number of likely N-dealkylation sites (N-methyl/N-ethyl adjacent to an activating group) is 1. The zero-order valence-corrected chi connectivity index (χ0v) is 17.0. The van der Waals surface area contributed by atoms with Gasteiger partial charge in [0.25, 0.3) is 0 Å². The second-order valence-corrected chi connectivity index (χ2v) is 7.17. The lowest BCUT2D eigenvalue weighted by Crippen LogP contribution is -3.12. The van der Waals surface area contributed by atoms with Crippen molar-refractivity contribution in [2.75, 3.05) is 26.2 Å². The van der Waals surface area contributed by atoms with Crippen LogP contribution >= 0.6 is 0 Å². The zero-order valence-electron chi connectivity index (χ0n) is 17.0. The first kappa shape index (κ1) is 18.6. The van der Waals surface area contributed by atoms with Crippen LogP contribution in [-0.4, -0.2) is 35.6 Å². The van der Waals surface area contributed by atoms with Gasteiger partial charge in [0.05, 0.1) is 19.7 Å². The molecule has 0 spiro atoms. The van der Waals surface area contributed by atoms with Crippen LogP contribution in [0.5, 0.6) is 5.75 Å². The maximum absolute atomic E-state index is 5.57. The summed E-state index contributed by atoms with van der Waals surface area (Å²) in [4.78, 5) is 5.28. The van der Waals surface area contributed by atoms with Gasteiger partial charge in [-0.25, -0.2) is 9.55 Å². The third-order valence-corrected chi connectivity index (χ3v) is 5.59. The molecule has 2 aromatic carbocycles. The number of nitrogens with zero attached hydrogens (tertiary/aromatic N) is 2. The molecule has 0 amide bonds. The first-order valence-electron chi connectivity index (χ1n) is 10.3. The molecular formula is C23H30N4O+2. The first-order valence-corrected chi connectivity index (χ1v) is 10.3. The van der Waals surface area contributed by atoms with Gasteiger partial charge in [-0.3, -0.25) is 0 Å². The summed E-state index contributed by atoms with van der Waals surface area (Å²) in [6.07, 6.45) is 2.20. The van der Waals surface area contributed by atoms with E-state index in [0.29, 0.717) is 6.61 Å². The van der Waals surface area contributed by atoms with Gasteiger partial charge in [-0.15, -0.1) is 0 Å². The average molecular weight is 379 g/mol. The van der Waals surface area contributed by atoms with Crippen molar-refractivity contribution in [3.05, 3.63) is 54.7 Å². The van der Waals surface area contributed by atoms with Gasteiger partial charge in [0.1, 0.15) is 41.8 Å². The summed E-state index contributed by atoms with van der Waals surface area (Å²) in [6.45, 7) is 11.7. The number of hydrogen-bond acceptors (Lipinski definition) is 1. The molecule has 5 heteroatoms. The number of imidazole rings is 2. The van der Waals surface area contributed by atoms with Crippen molar-refractivity contribution in [2.45, 2.75) is 27.3 Å². The Morgan fingerprint density at radius 1 is 1.00 bits per heavy atom. The second-order valence-electron chi connectivity index (χ2n) is 7.17. The van der Waals surface area contributed by atoms with E-state index in [4.69, 9.17) is 4.74 Å². The Morgan fingerprint density at radius 2 is 1.75 bits per heavy atom. The Kier molecular flexibility index (Phi) is 5.35. The van der Waals surface area contributed by atoms with Crippen LogP contribution in [-0.2, 0) is 6.54 Å². The minimum absolute atomic E-state index is 0.687. The molecular weight excluding hydrogens is 348 g/mol. The van der Waals surface area contributed by atoms with Crippen molar-refractivity contribution >= 4 is 16.8 Å². The number of hydrogen-bond donors (Lipinski definition) is 2. The molecule has 0 fully saturated rings. The van der Waals surface area contributed by atoms with Crippen LogP contribution in [0.15, 0.2) is 54.7 Å². The fraction of sp³-hybridized carbons (Fsp3) is 0.348. The maximum atomic E-state index is 5.57. The van der Waals surface area contributed by atoms with Gasteiger partial charge < -0.3 is 9.64 Å². The number of benzene rings is 2. The van der Waals surface area contributed by atoms with Crippen molar-refractivity contribution in [3.63, 3.8) is 0 Å². The minimum Gasteiger partial charge on any atom is -0.494 e. The van der Waals surface area contributed by atoms with Crippen LogP contribution in [0.2, 0.25) is 0 Å². The minimum atomic E-state index is 0.687. The van der Waals surface area contributed by atoms with E-state index in [0.717, 1.165) is 49.0 Å². The number of quaternary nitrogens is 1. The lowest BCUT2D eigenvalue weighted by Gasteiger charge is -2.14. The van der Waals surface area contributed by atoms with Gasteiger partial charge in [-0.2, -0.15) is 4.40 Å². The van der Waals surface area contributed by atoms with E-state index in [1.807, 2.05) is 19.1 Å². The van der Waals surface area contributed by atoms with E-state index in [9.17, 15) is 0 Å². The normalized spacial score (nSPS) is 11.7. The Labute approximate surface area is 166 Å². The summed E-state index contributed by atoms with van der Waals surface area (Å²) < 4.78 is 10.3. The van der Waals surface area contributed by atoms with Gasteiger partial charge in [0.2, 0.25) is 0 Å². The Balaban J connectivity index is 1.74. The van der Waals surface area contributed by atoms with Crippen LogP contribution in [0.4, 0.5) is 0 Å². The van der Waals surface area contributed by atoms with E-state index in [2.05, 4.69) is 70.4 Å². The van der Waals surface area contributed by atoms with E-state index < -0.39 is 0 Å². The van der Waals surface area contributed by atoms with Crippen molar-refractivity contribution in [1.82, 2.24) is 9.38 Å². The highest BCUT2D eigenvalue weighted by Gasteiger charge is 2.22. The summed E-state index contributed by atoms with van der Waals surface area (Å²) in [5, 5.41) is 0. The molecule has 4 rings (SSSR count). The van der Waals surface area contributed by atoms with Crippen LogP contribution in [0, 0.1) is 0 Å². The van der Waals surface area contributed by atoms with E-state index in [1.54, 1.807) is 4.90 Å². The number of H-pyrrole nitrogens is 1. The van der Waals surface area contributed by atoms with Crippen LogP contribution < -0.4 is 14.2 Å². The first-order chi connectivity index (χ1) is 13.7. The summed E-state index contributed by atoms with van der Waals surface area (Å²) in [6, 6.07) is 16.9. The number of aromatic nitrogens is 3. The second kappa shape index (κ2) is 8.07. The standard InChI is InChI=1S/C23H28N4O/c1-4-25(5-2)15-16-26-21-9-7-8-10-22(21)27-17-20(24-23(26)27)18-11-13-19(14-12-18)28-6-3/h7-14,17H,4-6,15-16H2,1-3H3/p+2. The van der Waals surface area contributed by atoms with Crippen molar-refractivity contribution in [3.8, 4) is 17.0 Å². The highest BCUT2D eigenvalue weighted by molar-refractivity contribution is 5.76. The smallest absolute Gasteiger partial charge is 0.368 e. The maximum Gasteiger partial charge on any atom is 0.368 e. The highest BCUT2D eigenvalue weighted by atomic mass is 16.5. The number of ether oxygens (including phenoxy) is 1. The molecule has 0 atom stereocenters. The number of rotatable bonds is 8. The van der Waals surface area contributed by atoms with Crippen molar-refractivity contribution in [2.24, 2.45) is 0 Å². The predicted molar refractivity (Wildman–Crippen MR) is 113 cm³/mol. The number of fused-ring (bicyclic) bond motifs is 3. The topological polar surface area (TPSA) is 37.8 Å². The summed E-state index contributed by atoms with van der Waals surface area (Å²) in [7, 11) is 0. The molecule has 146 valence electrons. The lowest BCUT2D eigenvalue weighted by atomic mass is 10.1. The number of para-hydroxylation sites is 2. The summed E-state index contributed by atoms with van der Waals surface area (Å²) >= 11 is 0. The molecule has 0 saturated carbocycles. The van der Waals surface area contributed by atoms with E-state index >= 15 is 0 Å². The highest BCUT2D eigenvalue weighted by Crippen LogP contribution is 2.24. The van der Waals surface area contributed by atoms with Gasteiger partial charge >= 0.3 is 5.78 Å². The van der Waals surface area contributed by atoms with Gasteiger partial charge in [-0.05, 0) is 57.2 Å². The molecule has 0 bridgehead atoms. The molecule has 0 radical (unpaired) electrons. The quantitative estimate of drug-likeness (QED) is 0.455. The molecule has 28 heavy (non-hydrogen) atoms. The molecule has 4 aromatic rings. The molecule has 5 nitrogen and oxygen atoms in total. The van der Waals surface area contributed by atoms with Gasteiger partial charge in [-0.1, -0.05) is 12.1 Å². The Hall–Kier alpha value is -2.79. The molecule has 0 aliphatic rings. The number of aromatic amines is 1. The molecule has 0 saturated heterocycles. The van der Waals surface area contributed by atoms with Crippen molar-refractivity contribution < 1.29 is 14.2 Å². The third-order valence-electron chi connectivity index (χ3n) is 5.59.